The average molecular weight is 291 g/mol. The molecule has 3 heterocycles. The van der Waals surface area contributed by atoms with Crippen molar-refractivity contribution in [1.29, 1.82) is 0 Å². The van der Waals surface area contributed by atoms with Gasteiger partial charge in [-0.2, -0.15) is 9.61 Å². The summed E-state index contributed by atoms with van der Waals surface area (Å²) in [7, 11) is 1.89. The van der Waals surface area contributed by atoms with Crippen molar-refractivity contribution in [3.05, 3.63) is 47.8 Å². The maximum absolute atomic E-state index is 4.74. The van der Waals surface area contributed by atoms with Crippen LogP contribution in [0.25, 0.3) is 27.8 Å². The molecule has 0 amide bonds. The van der Waals surface area contributed by atoms with E-state index in [1.807, 2.05) is 25.4 Å². The molecule has 4 rings (SSSR count). The molecule has 0 aliphatic heterocycles. The number of nitrogens with one attached hydrogen (secondary N) is 2. The van der Waals surface area contributed by atoms with E-state index < -0.39 is 0 Å². The van der Waals surface area contributed by atoms with Gasteiger partial charge in [-0.1, -0.05) is 11.6 Å². The highest BCUT2D eigenvalue weighted by Gasteiger charge is 2.12. The van der Waals surface area contributed by atoms with Crippen molar-refractivity contribution in [3.63, 3.8) is 0 Å². The Morgan fingerprint density at radius 2 is 2.05 bits per heavy atom. The Hall–Kier alpha value is -2.82. The molecule has 0 saturated carbocycles. The summed E-state index contributed by atoms with van der Waals surface area (Å²) < 4.78 is 1.80. The molecule has 1 aromatic carbocycles. The molecule has 0 atom stereocenters. The minimum absolute atomic E-state index is 0.834. The largest absolute Gasteiger partial charge is 0.373 e. The molecule has 110 valence electrons. The predicted molar refractivity (Wildman–Crippen MR) is 89.3 cm³/mol. The van der Waals surface area contributed by atoms with E-state index in [1.54, 1.807) is 10.7 Å². The molecule has 0 fully saturated rings. The molecule has 0 bridgehead atoms. The van der Waals surface area contributed by atoms with E-state index in [2.05, 4.69) is 41.4 Å². The number of rotatable bonds is 2. The molecule has 5 nitrogen and oxygen atoms in total. The highest BCUT2D eigenvalue weighted by atomic mass is 15.3. The zero-order valence-corrected chi connectivity index (χ0v) is 12.8. The van der Waals surface area contributed by atoms with E-state index in [0.29, 0.717) is 0 Å². The summed E-state index contributed by atoms with van der Waals surface area (Å²) >= 11 is 0. The Balaban J connectivity index is 2.03. The Kier molecular flexibility index (Phi) is 2.69. The number of aryl methyl sites for hydroxylation is 2. The van der Waals surface area contributed by atoms with Gasteiger partial charge in [-0.15, -0.1) is 0 Å². The first-order chi connectivity index (χ1) is 10.7. The maximum atomic E-state index is 4.74. The fourth-order valence-corrected chi connectivity index (χ4v) is 3.03. The van der Waals surface area contributed by atoms with Gasteiger partial charge in [0, 0.05) is 41.8 Å². The summed E-state index contributed by atoms with van der Waals surface area (Å²) in [6, 6.07) is 8.33. The quantitative estimate of drug-likeness (QED) is 0.594. The number of fused-ring (bicyclic) bond motifs is 2. The highest BCUT2D eigenvalue weighted by molar-refractivity contribution is 5.97. The van der Waals surface area contributed by atoms with Crippen LogP contribution >= 0.6 is 0 Å². The standard InChI is InChI=1S/C17H17N5/c1-10-6-11(2)17-12(7-10)13(9-19-17)14-8-16(18-3)22-15(21-14)4-5-20-22/h4-9,18-19H,1-3H3. The summed E-state index contributed by atoms with van der Waals surface area (Å²) in [6.07, 6.45) is 3.79. The van der Waals surface area contributed by atoms with E-state index in [0.717, 1.165) is 22.7 Å². The Labute approximate surface area is 128 Å². The smallest absolute Gasteiger partial charge is 0.157 e. The van der Waals surface area contributed by atoms with Crippen molar-refractivity contribution in [2.45, 2.75) is 13.8 Å². The molecule has 0 unspecified atom stereocenters. The predicted octanol–water partition coefficient (Wildman–Crippen LogP) is 3.54. The van der Waals surface area contributed by atoms with Crippen molar-refractivity contribution in [1.82, 2.24) is 19.6 Å². The third-order valence-corrected chi connectivity index (χ3v) is 4.02. The third kappa shape index (κ3) is 1.79. The number of nitrogens with zero attached hydrogens (tertiary/aromatic N) is 3. The lowest BCUT2D eigenvalue weighted by atomic mass is 10.0. The Morgan fingerprint density at radius 1 is 1.18 bits per heavy atom. The molecule has 22 heavy (non-hydrogen) atoms. The van der Waals surface area contributed by atoms with Gasteiger partial charge in [-0.05, 0) is 25.5 Å². The van der Waals surface area contributed by atoms with Gasteiger partial charge >= 0.3 is 0 Å². The fraction of sp³-hybridized carbons (Fsp3) is 0.176. The molecule has 5 heteroatoms. The zero-order valence-electron chi connectivity index (χ0n) is 12.8. The number of aromatic nitrogens is 4. The van der Waals surface area contributed by atoms with E-state index in [4.69, 9.17) is 4.98 Å². The summed E-state index contributed by atoms with van der Waals surface area (Å²) in [5, 5.41) is 8.67. The number of aromatic amines is 1. The summed E-state index contributed by atoms with van der Waals surface area (Å²) in [5.74, 6) is 0.920. The second-order valence-corrected chi connectivity index (χ2v) is 5.58. The lowest BCUT2D eigenvalue weighted by molar-refractivity contribution is 0.945. The minimum Gasteiger partial charge on any atom is -0.373 e. The SMILES string of the molecule is CNc1cc(-c2c[nH]c3c(C)cc(C)cc23)nc2ccnn12. The topological polar surface area (TPSA) is 58.0 Å². The molecule has 4 aromatic rings. The summed E-state index contributed by atoms with van der Waals surface area (Å²) in [5.41, 5.74) is 6.56. The second kappa shape index (κ2) is 4.59. The minimum atomic E-state index is 0.834. The van der Waals surface area contributed by atoms with Crippen LogP contribution in [0.15, 0.2) is 36.7 Å². The fourth-order valence-electron chi connectivity index (χ4n) is 3.03. The van der Waals surface area contributed by atoms with Crippen LogP contribution in [0.2, 0.25) is 0 Å². The van der Waals surface area contributed by atoms with Gasteiger partial charge in [-0.3, -0.25) is 0 Å². The highest BCUT2D eigenvalue weighted by Crippen LogP contribution is 2.31. The first kappa shape index (κ1) is 12.9. The number of hydrogen-bond acceptors (Lipinski definition) is 3. The first-order valence-electron chi connectivity index (χ1n) is 7.28. The van der Waals surface area contributed by atoms with Crippen LogP contribution in [-0.4, -0.2) is 26.6 Å². The van der Waals surface area contributed by atoms with Gasteiger partial charge in [0.05, 0.1) is 11.9 Å². The molecular weight excluding hydrogens is 274 g/mol. The van der Waals surface area contributed by atoms with Crippen LogP contribution in [0.1, 0.15) is 11.1 Å². The first-order valence-corrected chi connectivity index (χ1v) is 7.28. The zero-order chi connectivity index (χ0) is 15.3. The van der Waals surface area contributed by atoms with E-state index >= 15 is 0 Å². The van der Waals surface area contributed by atoms with Crippen LogP contribution in [0, 0.1) is 13.8 Å². The molecule has 3 aromatic heterocycles. The van der Waals surface area contributed by atoms with Crippen molar-refractivity contribution >= 4 is 22.4 Å². The molecule has 0 radical (unpaired) electrons. The molecule has 0 aliphatic carbocycles. The second-order valence-electron chi connectivity index (χ2n) is 5.58. The van der Waals surface area contributed by atoms with Crippen molar-refractivity contribution in [2.24, 2.45) is 0 Å². The van der Waals surface area contributed by atoms with Crippen molar-refractivity contribution in [2.75, 3.05) is 12.4 Å². The van der Waals surface area contributed by atoms with Crippen LogP contribution in [0.3, 0.4) is 0 Å². The molecule has 2 N–H and O–H groups in total. The van der Waals surface area contributed by atoms with Gasteiger partial charge in [0.1, 0.15) is 5.82 Å². The van der Waals surface area contributed by atoms with Crippen molar-refractivity contribution in [3.8, 4) is 11.3 Å². The lowest BCUT2D eigenvalue weighted by Crippen LogP contribution is -2.01. The van der Waals surface area contributed by atoms with E-state index in [9.17, 15) is 0 Å². The summed E-state index contributed by atoms with van der Waals surface area (Å²) in [6.45, 7) is 4.25. The van der Waals surface area contributed by atoms with Gasteiger partial charge in [0.15, 0.2) is 5.65 Å². The third-order valence-electron chi connectivity index (χ3n) is 4.02. The molecular formula is C17H17N5. The van der Waals surface area contributed by atoms with E-state index in [1.165, 1.54) is 22.0 Å². The van der Waals surface area contributed by atoms with Gasteiger partial charge in [-0.25, -0.2) is 4.98 Å². The average Bonchev–Trinajstić information content (AvgIpc) is 3.12. The molecule has 0 aliphatic rings. The van der Waals surface area contributed by atoms with Gasteiger partial charge in [0.2, 0.25) is 0 Å². The Bertz CT molecular complexity index is 993. The number of benzene rings is 1. The number of anilines is 1. The van der Waals surface area contributed by atoms with Gasteiger partial charge < -0.3 is 10.3 Å². The van der Waals surface area contributed by atoms with Crippen molar-refractivity contribution < 1.29 is 0 Å². The normalized spacial score (nSPS) is 11.4. The lowest BCUT2D eigenvalue weighted by Gasteiger charge is -2.07. The molecule has 0 saturated heterocycles. The summed E-state index contributed by atoms with van der Waals surface area (Å²) in [4.78, 5) is 8.11. The monoisotopic (exact) mass is 291 g/mol. The van der Waals surface area contributed by atoms with Gasteiger partial charge in [0.25, 0.3) is 0 Å². The van der Waals surface area contributed by atoms with Crippen LogP contribution in [0.5, 0.6) is 0 Å². The van der Waals surface area contributed by atoms with E-state index in [-0.39, 0.29) is 0 Å². The molecule has 0 spiro atoms. The van der Waals surface area contributed by atoms with Crippen LogP contribution in [0.4, 0.5) is 5.82 Å². The van der Waals surface area contributed by atoms with Crippen LogP contribution in [-0.2, 0) is 0 Å². The van der Waals surface area contributed by atoms with Crippen LogP contribution < -0.4 is 5.32 Å². The number of H-pyrrole nitrogens is 1. The maximum Gasteiger partial charge on any atom is 0.157 e. The number of hydrogen-bond donors (Lipinski definition) is 2. The Morgan fingerprint density at radius 3 is 2.86 bits per heavy atom.